The first-order valence-corrected chi connectivity index (χ1v) is 5.97. The SMILES string of the molecule is CN(CC(N)=O)C(=O)N(CC(=O)O)c1cccc(Cl)c1. The molecular weight excluding hydrogens is 286 g/mol. The van der Waals surface area contributed by atoms with Crippen LogP contribution in [0.25, 0.3) is 0 Å². The summed E-state index contributed by atoms with van der Waals surface area (Å²) in [7, 11) is 1.35. The van der Waals surface area contributed by atoms with E-state index in [1.54, 1.807) is 18.2 Å². The minimum absolute atomic E-state index is 0.310. The monoisotopic (exact) mass is 299 g/mol. The molecule has 0 radical (unpaired) electrons. The maximum absolute atomic E-state index is 12.2. The number of urea groups is 1. The van der Waals surface area contributed by atoms with Crippen molar-refractivity contribution in [2.45, 2.75) is 0 Å². The molecule has 20 heavy (non-hydrogen) atoms. The molecule has 0 aliphatic carbocycles. The van der Waals surface area contributed by atoms with E-state index in [1.807, 2.05) is 0 Å². The van der Waals surface area contributed by atoms with Gasteiger partial charge in [0.05, 0.1) is 0 Å². The quantitative estimate of drug-likeness (QED) is 0.838. The summed E-state index contributed by atoms with van der Waals surface area (Å²) in [6.07, 6.45) is 0. The van der Waals surface area contributed by atoms with Gasteiger partial charge in [0, 0.05) is 17.8 Å². The average Bonchev–Trinajstić information content (AvgIpc) is 2.34. The van der Waals surface area contributed by atoms with Crippen molar-refractivity contribution >= 4 is 35.2 Å². The molecule has 1 aromatic carbocycles. The van der Waals surface area contributed by atoms with Crippen molar-refractivity contribution in [1.29, 1.82) is 0 Å². The fraction of sp³-hybridized carbons (Fsp3) is 0.250. The lowest BCUT2D eigenvalue weighted by molar-refractivity contribution is -0.135. The van der Waals surface area contributed by atoms with E-state index in [4.69, 9.17) is 22.4 Å². The van der Waals surface area contributed by atoms with Gasteiger partial charge in [0.1, 0.15) is 13.1 Å². The van der Waals surface area contributed by atoms with Crippen LogP contribution in [0.15, 0.2) is 24.3 Å². The van der Waals surface area contributed by atoms with Crippen LogP contribution in [0.2, 0.25) is 5.02 Å². The van der Waals surface area contributed by atoms with Crippen molar-refractivity contribution in [3.05, 3.63) is 29.3 Å². The molecule has 108 valence electrons. The maximum Gasteiger partial charge on any atom is 0.325 e. The number of amides is 3. The molecule has 0 heterocycles. The highest BCUT2D eigenvalue weighted by atomic mass is 35.5. The molecule has 0 aliphatic heterocycles. The topological polar surface area (TPSA) is 104 Å². The van der Waals surface area contributed by atoms with Gasteiger partial charge in [-0.2, -0.15) is 0 Å². The number of nitrogens with zero attached hydrogens (tertiary/aromatic N) is 2. The van der Waals surface area contributed by atoms with Gasteiger partial charge in [-0.15, -0.1) is 0 Å². The Hall–Kier alpha value is -2.28. The minimum atomic E-state index is -1.19. The lowest BCUT2D eigenvalue weighted by atomic mass is 10.3. The lowest BCUT2D eigenvalue weighted by Gasteiger charge is -2.26. The molecule has 3 N–H and O–H groups in total. The Morgan fingerprint density at radius 1 is 1.30 bits per heavy atom. The van der Waals surface area contributed by atoms with Gasteiger partial charge in [0.25, 0.3) is 0 Å². The Morgan fingerprint density at radius 3 is 2.45 bits per heavy atom. The Kier molecular flexibility index (Phi) is 5.33. The zero-order valence-electron chi connectivity index (χ0n) is 10.7. The van der Waals surface area contributed by atoms with Crippen LogP contribution >= 0.6 is 11.6 Å². The molecule has 7 nitrogen and oxygen atoms in total. The summed E-state index contributed by atoms with van der Waals surface area (Å²) in [5, 5.41) is 9.25. The van der Waals surface area contributed by atoms with E-state index in [-0.39, 0.29) is 6.54 Å². The number of benzene rings is 1. The van der Waals surface area contributed by atoms with Crippen molar-refractivity contribution in [1.82, 2.24) is 4.90 Å². The van der Waals surface area contributed by atoms with Crippen LogP contribution in [0.3, 0.4) is 0 Å². The number of carboxylic acids is 1. The third-order valence-electron chi connectivity index (χ3n) is 2.36. The summed E-state index contributed by atoms with van der Waals surface area (Å²) in [6.45, 7) is -0.863. The van der Waals surface area contributed by atoms with E-state index in [1.165, 1.54) is 13.1 Å². The number of nitrogens with two attached hydrogens (primary N) is 1. The van der Waals surface area contributed by atoms with Crippen LogP contribution in [0.1, 0.15) is 0 Å². The highest BCUT2D eigenvalue weighted by Gasteiger charge is 2.23. The Balaban J connectivity index is 3.03. The molecule has 0 aliphatic rings. The summed E-state index contributed by atoms with van der Waals surface area (Å²) in [5.41, 5.74) is 5.33. The summed E-state index contributed by atoms with van der Waals surface area (Å²) in [5.74, 6) is -1.88. The van der Waals surface area contributed by atoms with Crippen LogP contribution in [0.4, 0.5) is 10.5 Å². The van der Waals surface area contributed by atoms with Gasteiger partial charge in [0.15, 0.2) is 0 Å². The maximum atomic E-state index is 12.2. The first kappa shape index (κ1) is 15.8. The van der Waals surface area contributed by atoms with Gasteiger partial charge in [-0.05, 0) is 18.2 Å². The number of aliphatic carboxylic acids is 1. The number of carboxylic acid groups (broad SMARTS) is 1. The highest BCUT2D eigenvalue weighted by Crippen LogP contribution is 2.20. The lowest BCUT2D eigenvalue weighted by Crippen LogP contribution is -2.46. The van der Waals surface area contributed by atoms with Crippen molar-refractivity contribution in [3.63, 3.8) is 0 Å². The van der Waals surface area contributed by atoms with Crippen molar-refractivity contribution < 1.29 is 19.5 Å². The van der Waals surface area contributed by atoms with Gasteiger partial charge in [-0.1, -0.05) is 17.7 Å². The molecule has 8 heteroatoms. The Bertz CT molecular complexity index is 535. The second kappa shape index (κ2) is 6.76. The van der Waals surface area contributed by atoms with Crippen LogP contribution in [-0.4, -0.2) is 48.1 Å². The van der Waals surface area contributed by atoms with E-state index in [0.29, 0.717) is 10.7 Å². The molecule has 0 atom stereocenters. The standard InChI is InChI=1S/C12H14ClN3O4/c1-15(6-10(14)17)12(20)16(7-11(18)19)9-4-2-3-8(13)5-9/h2-5H,6-7H2,1H3,(H2,14,17)(H,18,19). The Morgan fingerprint density at radius 2 is 1.95 bits per heavy atom. The van der Waals surface area contributed by atoms with Crippen molar-refractivity contribution in [2.75, 3.05) is 25.0 Å². The van der Waals surface area contributed by atoms with E-state index >= 15 is 0 Å². The second-order valence-electron chi connectivity index (χ2n) is 4.06. The first-order valence-electron chi connectivity index (χ1n) is 5.59. The molecule has 0 saturated carbocycles. The van der Waals surface area contributed by atoms with Crippen LogP contribution in [0, 0.1) is 0 Å². The molecule has 1 aromatic rings. The molecule has 1 rings (SSSR count). The average molecular weight is 300 g/mol. The fourth-order valence-corrected chi connectivity index (χ4v) is 1.74. The molecular formula is C12H14ClN3O4. The number of carbonyl (C=O) groups is 3. The van der Waals surface area contributed by atoms with Gasteiger partial charge in [0.2, 0.25) is 5.91 Å². The van der Waals surface area contributed by atoms with Crippen molar-refractivity contribution in [2.24, 2.45) is 5.73 Å². The molecule has 0 saturated heterocycles. The van der Waals surface area contributed by atoms with Crippen molar-refractivity contribution in [3.8, 4) is 0 Å². The highest BCUT2D eigenvalue weighted by molar-refractivity contribution is 6.30. The van der Waals surface area contributed by atoms with Crippen LogP contribution in [0.5, 0.6) is 0 Å². The number of carbonyl (C=O) groups excluding carboxylic acids is 2. The van der Waals surface area contributed by atoms with E-state index in [9.17, 15) is 14.4 Å². The fourth-order valence-electron chi connectivity index (χ4n) is 1.56. The van der Waals surface area contributed by atoms with E-state index in [2.05, 4.69) is 0 Å². The Labute approximate surface area is 120 Å². The summed E-state index contributed by atoms with van der Waals surface area (Å²) >= 11 is 5.82. The minimum Gasteiger partial charge on any atom is -0.480 e. The van der Waals surface area contributed by atoms with Gasteiger partial charge in [-0.3, -0.25) is 14.5 Å². The number of halogens is 1. The summed E-state index contributed by atoms with van der Waals surface area (Å²) < 4.78 is 0. The second-order valence-corrected chi connectivity index (χ2v) is 4.50. The third kappa shape index (κ3) is 4.43. The number of primary amides is 1. The predicted octanol–water partition coefficient (Wildman–Crippen LogP) is 0.768. The summed E-state index contributed by atoms with van der Waals surface area (Å²) in [4.78, 5) is 35.9. The predicted molar refractivity (Wildman–Crippen MR) is 73.7 cm³/mol. The van der Waals surface area contributed by atoms with Gasteiger partial charge >= 0.3 is 12.0 Å². The van der Waals surface area contributed by atoms with E-state index < -0.39 is 24.5 Å². The normalized spacial score (nSPS) is 9.90. The van der Waals surface area contributed by atoms with Crippen LogP contribution < -0.4 is 10.6 Å². The number of hydrogen-bond donors (Lipinski definition) is 2. The number of rotatable bonds is 5. The molecule has 0 bridgehead atoms. The molecule has 0 spiro atoms. The first-order chi connectivity index (χ1) is 9.31. The van der Waals surface area contributed by atoms with Crippen LogP contribution in [-0.2, 0) is 9.59 Å². The smallest absolute Gasteiger partial charge is 0.325 e. The molecule has 3 amide bonds. The summed E-state index contributed by atoms with van der Waals surface area (Å²) in [6, 6.07) is 5.54. The number of anilines is 1. The molecule has 0 aromatic heterocycles. The molecule has 0 unspecified atom stereocenters. The molecule has 0 fully saturated rings. The number of hydrogen-bond acceptors (Lipinski definition) is 3. The third-order valence-corrected chi connectivity index (χ3v) is 2.60. The largest absolute Gasteiger partial charge is 0.480 e. The van der Waals surface area contributed by atoms with Gasteiger partial charge in [-0.25, -0.2) is 4.79 Å². The zero-order valence-corrected chi connectivity index (χ0v) is 11.5. The number of likely N-dealkylation sites (N-methyl/N-ethyl adjacent to an activating group) is 1. The van der Waals surface area contributed by atoms with E-state index in [0.717, 1.165) is 9.80 Å². The van der Waals surface area contributed by atoms with Gasteiger partial charge < -0.3 is 15.7 Å². The zero-order chi connectivity index (χ0) is 15.3.